The van der Waals surface area contributed by atoms with Gasteiger partial charge in [0, 0.05) is 16.7 Å². The Bertz CT molecular complexity index is 412. The third kappa shape index (κ3) is 2.96. The number of nitrogens with one attached hydrogen (secondary N) is 1. The molecule has 0 atom stereocenters. The standard InChI is InChI=1S/C16H29N3/c1-11(2)9-13-14(18-19-15(13)17)16(10-12(3)4)7-5-6-8-16/h11-12H,5-10H2,1-4H3,(H3,17,18,19). The molecular weight excluding hydrogens is 234 g/mol. The van der Waals surface area contributed by atoms with E-state index >= 15 is 0 Å². The minimum Gasteiger partial charge on any atom is -0.382 e. The van der Waals surface area contributed by atoms with Gasteiger partial charge in [0.15, 0.2) is 0 Å². The van der Waals surface area contributed by atoms with Crippen molar-refractivity contribution in [2.45, 2.75) is 71.6 Å². The molecule has 3 nitrogen and oxygen atoms in total. The molecule has 0 amide bonds. The van der Waals surface area contributed by atoms with Crippen LogP contribution in [0.1, 0.15) is 71.1 Å². The van der Waals surface area contributed by atoms with Crippen LogP contribution in [-0.2, 0) is 11.8 Å². The molecule has 0 aliphatic heterocycles. The van der Waals surface area contributed by atoms with E-state index in [-0.39, 0.29) is 0 Å². The molecule has 0 unspecified atom stereocenters. The summed E-state index contributed by atoms with van der Waals surface area (Å²) in [5.41, 5.74) is 9.05. The topological polar surface area (TPSA) is 54.7 Å². The average molecular weight is 263 g/mol. The fraction of sp³-hybridized carbons (Fsp3) is 0.812. The summed E-state index contributed by atoms with van der Waals surface area (Å²) in [5.74, 6) is 2.06. The molecule has 1 heterocycles. The summed E-state index contributed by atoms with van der Waals surface area (Å²) in [7, 11) is 0. The number of hydrogen-bond acceptors (Lipinski definition) is 2. The number of anilines is 1. The monoisotopic (exact) mass is 263 g/mol. The number of nitrogens with two attached hydrogens (primary N) is 1. The molecule has 1 aromatic rings. The molecule has 1 aliphatic carbocycles. The molecule has 0 saturated heterocycles. The van der Waals surface area contributed by atoms with Crippen LogP contribution in [0, 0.1) is 11.8 Å². The van der Waals surface area contributed by atoms with Crippen LogP contribution in [0.4, 0.5) is 5.82 Å². The highest BCUT2D eigenvalue weighted by Gasteiger charge is 2.39. The zero-order valence-electron chi connectivity index (χ0n) is 12.9. The first-order chi connectivity index (χ1) is 8.94. The molecule has 108 valence electrons. The molecule has 3 heteroatoms. The van der Waals surface area contributed by atoms with Gasteiger partial charge in [-0.15, -0.1) is 0 Å². The van der Waals surface area contributed by atoms with Crippen LogP contribution < -0.4 is 5.73 Å². The van der Waals surface area contributed by atoms with E-state index in [2.05, 4.69) is 37.9 Å². The van der Waals surface area contributed by atoms with E-state index in [1.54, 1.807) is 0 Å². The first-order valence-corrected chi connectivity index (χ1v) is 7.78. The number of aromatic amines is 1. The molecule has 1 aliphatic rings. The zero-order valence-corrected chi connectivity index (χ0v) is 12.9. The van der Waals surface area contributed by atoms with E-state index in [1.165, 1.54) is 43.4 Å². The highest BCUT2D eigenvalue weighted by Crippen LogP contribution is 2.47. The second-order valence-corrected chi connectivity index (χ2v) is 7.15. The summed E-state index contributed by atoms with van der Waals surface area (Å²) in [6, 6.07) is 0. The molecule has 1 aromatic heterocycles. The van der Waals surface area contributed by atoms with Crippen molar-refractivity contribution in [2.24, 2.45) is 11.8 Å². The molecule has 1 saturated carbocycles. The molecule has 1 fully saturated rings. The second-order valence-electron chi connectivity index (χ2n) is 7.15. The van der Waals surface area contributed by atoms with Crippen LogP contribution in [-0.4, -0.2) is 10.2 Å². The first kappa shape index (κ1) is 14.4. The predicted octanol–water partition coefficient (Wildman–Crippen LogP) is 4.05. The molecule has 0 radical (unpaired) electrons. The minimum atomic E-state index is 0.309. The van der Waals surface area contributed by atoms with E-state index in [0.717, 1.165) is 18.2 Å². The summed E-state index contributed by atoms with van der Waals surface area (Å²) in [6.07, 6.45) is 7.55. The molecule has 0 spiro atoms. The van der Waals surface area contributed by atoms with Crippen LogP contribution in [0.25, 0.3) is 0 Å². The van der Waals surface area contributed by atoms with Crippen molar-refractivity contribution in [3.8, 4) is 0 Å². The fourth-order valence-corrected chi connectivity index (χ4v) is 3.82. The Balaban J connectivity index is 2.37. The lowest BCUT2D eigenvalue weighted by Crippen LogP contribution is -2.26. The van der Waals surface area contributed by atoms with E-state index < -0.39 is 0 Å². The summed E-state index contributed by atoms with van der Waals surface area (Å²) in [4.78, 5) is 0. The summed E-state index contributed by atoms with van der Waals surface area (Å²) in [6.45, 7) is 9.14. The third-order valence-corrected chi connectivity index (χ3v) is 4.40. The normalized spacial score (nSPS) is 18.6. The largest absolute Gasteiger partial charge is 0.382 e. The summed E-state index contributed by atoms with van der Waals surface area (Å²) in [5, 5.41) is 7.61. The van der Waals surface area contributed by atoms with Crippen molar-refractivity contribution in [1.82, 2.24) is 10.2 Å². The van der Waals surface area contributed by atoms with Gasteiger partial charge in [0.1, 0.15) is 5.82 Å². The summed E-state index contributed by atoms with van der Waals surface area (Å²) >= 11 is 0. The highest BCUT2D eigenvalue weighted by molar-refractivity contribution is 5.45. The van der Waals surface area contributed by atoms with Crippen molar-refractivity contribution in [3.05, 3.63) is 11.3 Å². The van der Waals surface area contributed by atoms with Crippen molar-refractivity contribution in [2.75, 3.05) is 5.73 Å². The van der Waals surface area contributed by atoms with Crippen LogP contribution >= 0.6 is 0 Å². The molecule has 0 bridgehead atoms. The second kappa shape index (κ2) is 5.56. The number of nitrogens with zero attached hydrogens (tertiary/aromatic N) is 1. The van der Waals surface area contributed by atoms with Gasteiger partial charge in [0.05, 0.1) is 0 Å². The van der Waals surface area contributed by atoms with Crippen LogP contribution in [0.15, 0.2) is 0 Å². The quantitative estimate of drug-likeness (QED) is 0.842. The number of hydrogen-bond donors (Lipinski definition) is 2. The van der Waals surface area contributed by atoms with Crippen molar-refractivity contribution < 1.29 is 0 Å². The van der Waals surface area contributed by atoms with Gasteiger partial charge in [0.2, 0.25) is 0 Å². The maximum atomic E-state index is 6.10. The fourth-order valence-electron chi connectivity index (χ4n) is 3.82. The van der Waals surface area contributed by atoms with Crippen LogP contribution in [0.2, 0.25) is 0 Å². The Labute approximate surface area is 117 Å². The summed E-state index contributed by atoms with van der Waals surface area (Å²) < 4.78 is 0. The lowest BCUT2D eigenvalue weighted by Gasteiger charge is -2.31. The van der Waals surface area contributed by atoms with Gasteiger partial charge in [-0.1, -0.05) is 40.5 Å². The SMILES string of the molecule is CC(C)Cc1c(N)n[nH]c1C1(CC(C)C)CCCC1. The van der Waals surface area contributed by atoms with Crippen molar-refractivity contribution >= 4 is 5.82 Å². The third-order valence-electron chi connectivity index (χ3n) is 4.40. The van der Waals surface area contributed by atoms with Gasteiger partial charge < -0.3 is 5.73 Å². The maximum Gasteiger partial charge on any atom is 0.148 e. The lowest BCUT2D eigenvalue weighted by atomic mass is 9.74. The number of rotatable bonds is 5. The predicted molar refractivity (Wildman–Crippen MR) is 81.1 cm³/mol. The zero-order chi connectivity index (χ0) is 14.0. The maximum absolute atomic E-state index is 6.10. The van der Waals surface area contributed by atoms with Crippen LogP contribution in [0.3, 0.4) is 0 Å². The number of nitrogen functional groups attached to an aromatic ring is 1. The van der Waals surface area contributed by atoms with E-state index in [9.17, 15) is 0 Å². The molecular formula is C16H29N3. The van der Waals surface area contributed by atoms with Crippen LogP contribution in [0.5, 0.6) is 0 Å². The van der Waals surface area contributed by atoms with Crippen molar-refractivity contribution in [3.63, 3.8) is 0 Å². The Hall–Kier alpha value is -0.990. The smallest absolute Gasteiger partial charge is 0.148 e. The van der Waals surface area contributed by atoms with Gasteiger partial charge in [-0.2, -0.15) is 5.10 Å². The Morgan fingerprint density at radius 1 is 1.16 bits per heavy atom. The molecule has 0 aromatic carbocycles. The van der Waals surface area contributed by atoms with E-state index in [0.29, 0.717) is 11.3 Å². The van der Waals surface area contributed by atoms with Gasteiger partial charge >= 0.3 is 0 Å². The van der Waals surface area contributed by atoms with E-state index in [4.69, 9.17) is 5.73 Å². The Morgan fingerprint density at radius 2 is 1.79 bits per heavy atom. The van der Waals surface area contributed by atoms with E-state index in [1.807, 2.05) is 0 Å². The van der Waals surface area contributed by atoms with Gasteiger partial charge in [0.25, 0.3) is 0 Å². The molecule has 2 rings (SSSR count). The number of aromatic nitrogens is 2. The molecule has 19 heavy (non-hydrogen) atoms. The highest BCUT2D eigenvalue weighted by atomic mass is 15.2. The Morgan fingerprint density at radius 3 is 2.32 bits per heavy atom. The lowest BCUT2D eigenvalue weighted by molar-refractivity contribution is 0.335. The van der Waals surface area contributed by atoms with Gasteiger partial charge in [-0.3, -0.25) is 5.10 Å². The Kier molecular flexibility index (Phi) is 4.22. The van der Waals surface area contributed by atoms with Crippen molar-refractivity contribution in [1.29, 1.82) is 0 Å². The average Bonchev–Trinajstić information content (AvgIpc) is 2.87. The number of H-pyrrole nitrogens is 1. The minimum absolute atomic E-state index is 0.309. The molecule has 3 N–H and O–H groups in total. The van der Waals surface area contributed by atoms with Gasteiger partial charge in [-0.05, 0) is 37.5 Å². The first-order valence-electron chi connectivity index (χ1n) is 7.78. The van der Waals surface area contributed by atoms with Gasteiger partial charge in [-0.25, -0.2) is 0 Å².